The molecule has 0 aromatic heterocycles. The molecule has 0 saturated carbocycles. The van der Waals surface area contributed by atoms with E-state index < -0.39 is 17.7 Å². The summed E-state index contributed by atoms with van der Waals surface area (Å²) in [6.07, 6.45) is 1.54. The molecule has 0 amide bonds. The highest BCUT2D eigenvalue weighted by Crippen LogP contribution is 2.21. The number of hydrogen-bond donors (Lipinski definition) is 1. The maximum absolute atomic E-state index is 13.1. The first-order chi connectivity index (χ1) is 6.65. The fraction of sp³-hybridized carbons (Fsp3) is 0.400. The van der Waals surface area contributed by atoms with Gasteiger partial charge < -0.3 is 5.11 Å². The van der Waals surface area contributed by atoms with Crippen molar-refractivity contribution < 1.29 is 13.9 Å². The van der Waals surface area contributed by atoms with Crippen molar-refractivity contribution in [1.29, 1.82) is 0 Å². The number of halogens is 2. The minimum atomic E-state index is -0.844. The van der Waals surface area contributed by atoms with Gasteiger partial charge in [0.2, 0.25) is 0 Å². The average Bonchev–Trinajstić information content (AvgIpc) is 2.14. The summed E-state index contributed by atoms with van der Waals surface area (Å²) in [5.41, 5.74) is 0.167. The van der Waals surface area contributed by atoms with Gasteiger partial charge in [0, 0.05) is 11.6 Å². The summed E-state index contributed by atoms with van der Waals surface area (Å²) in [4.78, 5) is 0. The SMILES string of the molecule is CSCCC(O)c1ccc(F)cc1F. The standard InChI is InChI=1S/C10H12F2OS/c1-14-5-4-10(13)8-3-2-7(11)6-9(8)12/h2-3,6,10,13H,4-5H2,1H3. The summed E-state index contributed by atoms with van der Waals surface area (Å²) in [7, 11) is 0. The van der Waals surface area contributed by atoms with E-state index in [1.54, 1.807) is 11.8 Å². The largest absolute Gasteiger partial charge is 0.388 e. The van der Waals surface area contributed by atoms with E-state index >= 15 is 0 Å². The molecule has 1 rings (SSSR count). The second kappa shape index (κ2) is 5.32. The third kappa shape index (κ3) is 2.96. The zero-order chi connectivity index (χ0) is 10.6. The molecule has 1 N–H and O–H groups in total. The van der Waals surface area contributed by atoms with E-state index in [9.17, 15) is 13.9 Å². The van der Waals surface area contributed by atoms with Gasteiger partial charge in [-0.15, -0.1) is 0 Å². The monoisotopic (exact) mass is 218 g/mol. The number of thioether (sulfide) groups is 1. The topological polar surface area (TPSA) is 20.2 Å². The minimum Gasteiger partial charge on any atom is -0.388 e. The summed E-state index contributed by atoms with van der Waals surface area (Å²) in [5, 5.41) is 9.55. The first kappa shape index (κ1) is 11.5. The van der Waals surface area contributed by atoms with Gasteiger partial charge in [0.15, 0.2) is 0 Å². The minimum absolute atomic E-state index is 0.167. The number of hydrogen-bond acceptors (Lipinski definition) is 2. The van der Waals surface area contributed by atoms with Crippen molar-refractivity contribution in [1.82, 2.24) is 0 Å². The molecule has 0 saturated heterocycles. The molecule has 0 aliphatic heterocycles. The summed E-state index contributed by atoms with van der Waals surface area (Å²) in [6.45, 7) is 0. The predicted molar refractivity (Wildman–Crippen MR) is 54.3 cm³/mol. The summed E-state index contributed by atoms with van der Waals surface area (Å²) in [5.74, 6) is -0.556. The van der Waals surface area contributed by atoms with E-state index in [0.717, 1.165) is 17.9 Å². The normalized spacial score (nSPS) is 12.9. The van der Waals surface area contributed by atoms with Crippen LogP contribution in [-0.4, -0.2) is 17.1 Å². The smallest absolute Gasteiger partial charge is 0.131 e. The van der Waals surface area contributed by atoms with Crippen molar-refractivity contribution >= 4 is 11.8 Å². The second-order valence-electron chi connectivity index (χ2n) is 2.96. The molecule has 0 aliphatic rings. The Labute approximate surface area is 86.1 Å². The van der Waals surface area contributed by atoms with Gasteiger partial charge in [-0.1, -0.05) is 6.07 Å². The molecule has 1 unspecified atom stereocenters. The number of rotatable bonds is 4. The molecule has 0 radical (unpaired) electrons. The van der Waals surface area contributed by atoms with Crippen LogP contribution in [0.5, 0.6) is 0 Å². The molecule has 78 valence electrons. The van der Waals surface area contributed by atoms with Crippen molar-refractivity contribution in [3.63, 3.8) is 0 Å². The van der Waals surface area contributed by atoms with E-state index in [-0.39, 0.29) is 5.56 Å². The van der Waals surface area contributed by atoms with E-state index in [2.05, 4.69) is 0 Å². The van der Waals surface area contributed by atoms with Crippen LogP contribution in [0.15, 0.2) is 18.2 Å². The lowest BCUT2D eigenvalue weighted by atomic mass is 10.1. The molecular weight excluding hydrogens is 206 g/mol. The highest BCUT2D eigenvalue weighted by Gasteiger charge is 2.12. The van der Waals surface area contributed by atoms with Crippen LogP contribution < -0.4 is 0 Å². The lowest BCUT2D eigenvalue weighted by Crippen LogP contribution is -2.02. The van der Waals surface area contributed by atoms with Gasteiger partial charge in [0.05, 0.1) is 6.10 Å². The first-order valence-corrected chi connectivity index (χ1v) is 5.66. The Morgan fingerprint density at radius 1 is 1.43 bits per heavy atom. The molecule has 0 aliphatic carbocycles. The van der Waals surface area contributed by atoms with E-state index in [0.29, 0.717) is 6.42 Å². The highest BCUT2D eigenvalue weighted by atomic mass is 32.2. The maximum atomic E-state index is 13.1. The molecule has 1 aromatic carbocycles. The Balaban J connectivity index is 2.74. The maximum Gasteiger partial charge on any atom is 0.131 e. The Bertz CT molecular complexity index is 304. The summed E-state index contributed by atoms with van der Waals surface area (Å²) < 4.78 is 25.7. The van der Waals surface area contributed by atoms with Crippen LogP contribution in [0.2, 0.25) is 0 Å². The van der Waals surface area contributed by atoms with Crippen LogP contribution in [0, 0.1) is 11.6 Å². The van der Waals surface area contributed by atoms with E-state index in [4.69, 9.17) is 0 Å². The van der Waals surface area contributed by atoms with Crippen LogP contribution in [0.3, 0.4) is 0 Å². The van der Waals surface area contributed by atoms with Crippen LogP contribution in [0.4, 0.5) is 8.78 Å². The van der Waals surface area contributed by atoms with Crippen molar-refractivity contribution in [2.45, 2.75) is 12.5 Å². The van der Waals surface area contributed by atoms with Gasteiger partial charge in [-0.2, -0.15) is 11.8 Å². The Kier molecular flexibility index (Phi) is 4.35. The van der Waals surface area contributed by atoms with Gasteiger partial charge >= 0.3 is 0 Å². The van der Waals surface area contributed by atoms with Crippen molar-refractivity contribution in [2.24, 2.45) is 0 Å². The van der Waals surface area contributed by atoms with Gasteiger partial charge in [0.1, 0.15) is 11.6 Å². The van der Waals surface area contributed by atoms with Crippen LogP contribution >= 0.6 is 11.8 Å². The molecule has 0 heterocycles. The van der Waals surface area contributed by atoms with Gasteiger partial charge in [-0.25, -0.2) is 8.78 Å². The Morgan fingerprint density at radius 2 is 2.14 bits per heavy atom. The van der Waals surface area contributed by atoms with Crippen molar-refractivity contribution in [3.05, 3.63) is 35.4 Å². The summed E-state index contributed by atoms with van der Waals surface area (Å²) in [6, 6.07) is 3.23. The fourth-order valence-electron chi connectivity index (χ4n) is 1.16. The molecule has 1 atom stereocenters. The highest BCUT2D eigenvalue weighted by molar-refractivity contribution is 7.98. The van der Waals surface area contributed by atoms with E-state index in [1.165, 1.54) is 6.07 Å². The fourth-order valence-corrected chi connectivity index (χ4v) is 1.62. The zero-order valence-corrected chi connectivity index (χ0v) is 8.65. The lowest BCUT2D eigenvalue weighted by Gasteiger charge is -2.10. The van der Waals surface area contributed by atoms with Crippen LogP contribution in [0.25, 0.3) is 0 Å². The quantitative estimate of drug-likeness (QED) is 0.838. The molecule has 1 aromatic rings. The zero-order valence-electron chi connectivity index (χ0n) is 7.84. The lowest BCUT2D eigenvalue weighted by molar-refractivity contribution is 0.170. The first-order valence-electron chi connectivity index (χ1n) is 4.27. The van der Waals surface area contributed by atoms with Gasteiger partial charge in [0.25, 0.3) is 0 Å². The van der Waals surface area contributed by atoms with Gasteiger partial charge in [-0.3, -0.25) is 0 Å². The molecule has 0 bridgehead atoms. The molecule has 0 spiro atoms. The number of aliphatic hydroxyl groups excluding tert-OH is 1. The summed E-state index contributed by atoms with van der Waals surface area (Å²) >= 11 is 1.58. The molecule has 14 heavy (non-hydrogen) atoms. The third-order valence-electron chi connectivity index (χ3n) is 1.92. The molecule has 4 heteroatoms. The van der Waals surface area contributed by atoms with Gasteiger partial charge in [-0.05, 0) is 24.5 Å². The van der Waals surface area contributed by atoms with Crippen molar-refractivity contribution in [2.75, 3.05) is 12.0 Å². The third-order valence-corrected chi connectivity index (χ3v) is 2.56. The Morgan fingerprint density at radius 3 is 2.71 bits per heavy atom. The average molecular weight is 218 g/mol. The molecule has 1 nitrogen and oxygen atoms in total. The molecule has 0 fully saturated rings. The Hall–Kier alpha value is -0.610. The number of aliphatic hydroxyl groups is 1. The van der Waals surface area contributed by atoms with Crippen LogP contribution in [-0.2, 0) is 0 Å². The second-order valence-corrected chi connectivity index (χ2v) is 3.95. The number of benzene rings is 1. The predicted octanol–water partition coefficient (Wildman–Crippen LogP) is 2.75. The van der Waals surface area contributed by atoms with Crippen molar-refractivity contribution in [3.8, 4) is 0 Å². The van der Waals surface area contributed by atoms with Crippen LogP contribution in [0.1, 0.15) is 18.1 Å². The van der Waals surface area contributed by atoms with E-state index in [1.807, 2.05) is 6.26 Å². The molecular formula is C10H12F2OS.